The second kappa shape index (κ2) is 8.70. The smallest absolute Gasteiger partial charge is 0.382 e. The summed E-state index contributed by atoms with van der Waals surface area (Å²) in [6.07, 6.45) is 0.513. The molecule has 1 fully saturated rings. The minimum atomic E-state index is -4.47. The number of hydrogen-bond acceptors (Lipinski definition) is 5. The van der Waals surface area contributed by atoms with Crippen molar-refractivity contribution in [3.05, 3.63) is 27.8 Å². The summed E-state index contributed by atoms with van der Waals surface area (Å²) < 4.78 is 50.8. The third-order valence-electron chi connectivity index (χ3n) is 4.51. The Hall–Kier alpha value is -1.45. The number of thiazole rings is 1. The van der Waals surface area contributed by atoms with E-state index in [2.05, 4.69) is 20.6 Å². The van der Waals surface area contributed by atoms with Crippen LogP contribution in [0.4, 0.5) is 23.2 Å². The van der Waals surface area contributed by atoms with E-state index < -0.39 is 11.2 Å². The summed E-state index contributed by atoms with van der Waals surface area (Å²) in [6, 6.07) is 2.07. The lowest BCUT2D eigenvalue weighted by molar-refractivity contribution is -0.137. The number of pyridine rings is 1. The van der Waals surface area contributed by atoms with Gasteiger partial charge in [-0.15, -0.1) is 11.3 Å². The first-order valence-electron chi connectivity index (χ1n) is 8.61. The van der Waals surface area contributed by atoms with Gasteiger partial charge in [0.15, 0.2) is 5.01 Å². The van der Waals surface area contributed by atoms with Crippen LogP contribution in [0.15, 0.2) is 17.6 Å². The molecule has 2 aromatic rings. The Balaban J connectivity index is 1.73. The van der Waals surface area contributed by atoms with Crippen LogP contribution in [-0.4, -0.2) is 35.3 Å². The predicted molar refractivity (Wildman–Crippen MR) is 99.0 cm³/mol. The molecule has 1 saturated carbocycles. The maximum Gasteiger partial charge on any atom is 0.443 e. The Morgan fingerprint density at radius 3 is 2.52 bits per heavy atom. The van der Waals surface area contributed by atoms with Crippen LogP contribution in [0, 0.1) is 0 Å². The highest BCUT2D eigenvalue weighted by Crippen LogP contribution is 2.37. The first-order valence-corrected chi connectivity index (χ1v) is 9.87. The van der Waals surface area contributed by atoms with Crippen molar-refractivity contribution in [2.24, 2.45) is 0 Å². The van der Waals surface area contributed by atoms with Gasteiger partial charge in [0, 0.05) is 41.5 Å². The molecule has 2 N–H and O–H groups in total. The monoisotopic (exact) mass is 422 g/mol. The first-order chi connectivity index (χ1) is 12.9. The van der Waals surface area contributed by atoms with E-state index in [0.717, 1.165) is 25.7 Å². The van der Waals surface area contributed by atoms with Gasteiger partial charge in [0.25, 0.3) is 0 Å². The van der Waals surface area contributed by atoms with Crippen LogP contribution in [0.3, 0.4) is 0 Å². The van der Waals surface area contributed by atoms with Gasteiger partial charge in [-0.2, -0.15) is 13.2 Å². The molecule has 27 heavy (non-hydrogen) atoms. The molecule has 0 saturated heterocycles. The Labute approximate surface area is 163 Å². The van der Waals surface area contributed by atoms with Crippen LogP contribution in [0.5, 0.6) is 0 Å². The molecular formula is C17H19ClF4N4S. The van der Waals surface area contributed by atoms with Gasteiger partial charge in [0.1, 0.15) is 11.8 Å². The minimum absolute atomic E-state index is 0.159. The van der Waals surface area contributed by atoms with Gasteiger partial charge >= 0.3 is 6.18 Å². The highest BCUT2D eigenvalue weighted by atomic mass is 35.5. The lowest BCUT2D eigenvalue weighted by atomic mass is 9.91. The standard InChI is InChI=1S/C17H19ClF4N4S/c18-15-7-13(25-11-3-1-10(2-4-11)23-6-5-19)12(8-24-15)14-9-27-16(26-14)17(20,21)22/h7-11,23H,1-6H2,(H,24,25). The zero-order chi connectivity index (χ0) is 19.4. The predicted octanol–water partition coefficient (Wildman–Crippen LogP) is 5.16. The fraction of sp³-hybridized carbons (Fsp3) is 0.529. The number of halogens is 5. The highest BCUT2D eigenvalue weighted by molar-refractivity contribution is 7.10. The molecule has 2 aromatic heterocycles. The van der Waals surface area contributed by atoms with E-state index in [1.54, 1.807) is 6.07 Å². The molecule has 0 aliphatic heterocycles. The van der Waals surface area contributed by atoms with Crippen LogP contribution in [-0.2, 0) is 6.18 Å². The van der Waals surface area contributed by atoms with Crippen molar-refractivity contribution >= 4 is 28.6 Å². The average molecular weight is 423 g/mol. The second-order valence-corrected chi connectivity index (χ2v) is 7.67. The van der Waals surface area contributed by atoms with Crippen LogP contribution >= 0.6 is 22.9 Å². The van der Waals surface area contributed by atoms with Crippen LogP contribution in [0.2, 0.25) is 5.15 Å². The second-order valence-electron chi connectivity index (χ2n) is 6.42. The van der Waals surface area contributed by atoms with E-state index in [1.165, 1.54) is 11.6 Å². The van der Waals surface area contributed by atoms with E-state index in [1.807, 2.05) is 0 Å². The van der Waals surface area contributed by atoms with Crippen molar-refractivity contribution in [3.8, 4) is 11.3 Å². The van der Waals surface area contributed by atoms with Crippen molar-refractivity contribution in [1.82, 2.24) is 15.3 Å². The van der Waals surface area contributed by atoms with E-state index >= 15 is 0 Å². The summed E-state index contributed by atoms with van der Waals surface area (Å²) in [7, 11) is 0. The molecule has 10 heteroatoms. The Bertz CT molecular complexity index is 760. The van der Waals surface area contributed by atoms with Crippen LogP contribution < -0.4 is 10.6 Å². The number of nitrogens with zero attached hydrogens (tertiary/aromatic N) is 2. The molecule has 1 aliphatic rings. The molecule has 148 valence electrons. The van der Waals surface area contributed by atoms with Crippen LogP contribution in [0.25, 0.3) is 11.3 Å². The molecule has 0 unspecified atom stereocenters. The van der Waals surface area contributed by atoms with Gasteiger partial charge in [0.2, 0.25) is 0 Å². The maximum absolute atomic E-state index is 12.8. The summed E-state index contributed by atoms with van der Waals surface area (Å²) in [5, 5.41) is 7.28. The number of anilines is 1. The summed E-state index contributed by atoms with van der Waals surface area (Å²) in [4.78, 5) is 7.70. The molecule has 1 aliphatic carbocycles. The normalized spacial score (nSPS) is 20.6. The molecule has 0 radical (unpaired) electrons. The lowest BCUT2D eigenvalue weighted by Crippen LogP contribution is -2.37. The van der Waals surface area contributed by atoms with Crippen molar-refractivity contribution in [1.29, 1.82) is 0 Å². The molecule has 0 bridgehead atoms. The average Bonchev–Trinajstić information content (AvgIpc) is 3.11. The van der Waals surface area contributed by atoms with Gasteiger partial charge in [-0.1, -0.05) is 11.6 Å². The quantitative estimate of drug-likeness (QED) is 0.498. The van der Waals surface area contributed by atoms with E-state index in [-0.39, 0.29) is 23.6 Å². The van der Waals surface area contributed by atoms with Gasteiger partial charge < -0.3 is 10.6 Å². The van der Waals surface area contributed by atoms with Crippen molar-refractivity contribution in [3.63, 3.8) is 0 Å². The molecule has 4 nitrogen and oxygen atoms in total. The number of rotatable bonds is 6. The summed E-state index contributed by atoms with van der Waals surface area (Å²) in [5.41, 5.74) is 1.33. The first kappa shape index (κ1) is 20.3. The number of nitrogens with one attached hydrogen (secondary N) is 2. The summed E-state index contributed by atoms with van der Waals surface area (Å²) in [5.74, 6) is 0. The van der Waals surface area contributed by atoms with Crippen molar-refractivity contribution < 1.29 is 17.6 Å². The summed E-state index contributed by atoms with van der Waals surface area (Å²) >= 11 is 6.54. The molecular weight excluding hydrogens is 404 g/mol. The maximum atomic E-state index is 12.8. The zero-order valence-corrected chi connectivity index (χ0v) is 15.9. The molecule has 0 spiro atoms. The minimum Gasteiger partial charge on any atom is -0.382 e. The molecule has 0 atom stereocenters. The molecule has 3 rings (SSSR count). The van der Waals surface area contributed by atoms with Gasteiger partial charge in [-0.3, -0.25) is 0 Å². The van der Waals surface area contributed by atoms with E-state index in [4.69, 9.17) is 11.6 Å². The fourth-order valence-corrected chi connectivity index (χ4v) is 4.05. The molecule has 0 aromatic carbocycles. The Morgan fingerprint density at radius 2 is 1.89 bits per heavy atom. The van der Waals surface area contributed by atoms with E-state index in [0.29, 0.717) is 35.2 Å². The highest BCUT2D eigenvalue weighted by Gasteiger charge is 2.35. The number of alkyl halides is 4. The fourth-order valence-electron chi connectivity index (χ4n) is 3.20. The van der Waals surface area contributed by atoms with E-state index in [9.17, 15) is 17.6 Å². The Morgan fingerprint density at radius 1 is 1.19 bits per heavy atom. The SMILES string of the molecule is FCCNC1CCC(Nc2cc(Cl)ncc2-c2csc(C(F)(F)F)n2)CC1. The third kappa shape index (κ3) is 5.30. The number of hydrogen-bond donors (Lipinski definition) is 2. The topological polar surface area (TPSA) is 49.8 Å². The van der Waals surface area contributed by atoms with Gasteiger partial charge in [0.05, 0.1) is 5.69 Å². The largest absolute Gasteiger partial charge is 0.443 e. The summed E-state index contributed by atoms with van der Waals surface area (Å²) in [6.45, 7) is -0.0250. The zero-order valence-electron chi connectivity index (χ0n) is 14.3. The molecule has 2 heterocycles. The van der Waals surface area contributed by atoms with Gasteiger partial charge in [-0.05, 0) is 31.7 Å². The Kier molecular flexibility index (Phi) is 6.54. The third-order valence-corrected chi connectivity index (χ3v) is 5.60. The molecule has 0 amide bonds. The van der Waals surface area contributed by atoms with Crippen molar-refractivity contribution in [2.45, 2.75) is 43.9 Å². The number of aromatic nitrogens is 2. The van der Waals surface area contributed by atoms with Gasteiger partial charge in [-0.25, -0.2) is 14.4 Å². The van der Waals surface area contributed by atoms with Crippen LogP contribution in [0.1, 0.15) is 30.7 Å². The van der Waals surface area contributed by atoms with Crippen molar-refractivity contribution in [2.75, 3.05) is 18.5 Å². The lowest BCUT2D eigenvalue weighted by Gasteiger charge is -2.30.